The van der Waals surface area contributed by atoms with Crippen molar-refractivity contribution in [1.29, 1.82) is 0 Å². The zero-order valence-electron chi connectivity index (χ0n) is 11.1. The van der Waals surface area contributed by atoms with Crippen molar-refractivity contribution in [2.24, 2.45) is 0 Å². The molecule has 3 rings (SSSR count). The van der Waals surface area contributed by atoms with Crippen LogP contribution in [0.2, 0.25) is 0 Å². The van der Waals surface area contributed by atoms with Gasteiger partial charge in [-0.05, 0) is 20.3 Å². The number of nitrogens with zero attached hydrogens (tertiary/aromatic N) is 2. The van der Waals surface area contributed by atoms with Crippen LogP contribution in [-0.2, 0) is 23.0 Å². The van der Waals surface area contributed by atoms with Crippen molar-refractivity contribution in [2.45, 2.75) is 31.7 Å². The Labute approximate surface area is 115 Å². The lowest BCUT2D eigenvalue weighted by Crippen LogP contribution is -2.37. The molecule has 0 aliphatic carbocycles. The van der Waals surface area contributed by atoms with Crippen molar-refractivity contribution in [1.82, 2.24) is 24.7 Å². The first-order valence-corrected chi connectivity index (χ1v) is 7.65. The van der Waals surface area contributed by atoms with Gasteiger partial charge in [-0.15, -0.1) is 0 Å². The van der Waals surface area contributed by atoms with Crippen LogP contribution in [0.25, 0.3) is 0 Å². The summed E-state index contributed by atoms with van der Waals surface area (Å²) in [4.78, 5) is 11.7. The summed E-state index contributed by atoms with van der Waals surface area (Å²) in [7, 11) is -3.61. The first-order valence-electron chi connectivity index (χ1n) is 6.21. The molecular weight excluding hydrogens is 282 g/mol. The fraction of sp³-hybridized carbons (Fsp3) is 0.455. The summed E-state index contributed by atoms with van der Waals surface area (Å²) < 4.78 is 26.7. The minimum absolute atomic E-state index is 0.167. The van der Waals surface area contributed by atoms with Gasteiger partial charge in [-0.3, -0.25) is 15.0 Å². The third-order valence-corrected chi connectivity index (χ3v) is 5.68. The van der Waals surface area contributed by atoms with E-state index in [1.165, 1.54) is 4.31 Å². The molecule has 2 aromatic rings. The highest BCUT2D eigenvalue weighted by Crippen LogP contribution is 2.25. The Kier molecular flexibility index (Phi) is 2.83. The fourth-order valence-electron chi connectivity index (χ4n) is 2.57. The first kappa shape index (κ1) is 13.1. The van der Waals surface area contributed by atoms with E-state index in [1.54, 1.807) is 13.8 Å². The molecule has 0 saturated carbocycles. The molecule has 0 atom stereocenters. The van der Waals surface area contributed by atoms with Crippen molar-refractivity contribution in [3.63, 3.8) is 0 Å². The number of aromatic amines is 3. The maximum Gasteiger partial charge on any atom is 0.267 e. The fourth-order valence-corrected chi connectivity index (χ4v) is 4.31. The van der Waals surface area contributed by atoms with E-state index in [9.17, 15) is 13.2 Å². The number of fused-ring (bicyclic) bond motifs is 1. The number of aromatic nitrogens is 4. The van der Waals surface area contributed by atoms with Gasteiger partial charge in [0.2, 0.25) is 10.0 Å². The third kappa shape index (κ3) is 1.81. The zero-order chi connectivity index (χ0) is 14.5. The number of sulfonamides is 1. The van der Waals surface area contributed by atoms with E-state index in [0.717, 1.165) is 0 Å². The smallest absolute Gasteiger partial charge is 0.267 e. The van der Waals surface area contributed by atoms with E-state index < -0.39 is 10.0 Å². The van der Waals surface area contributed by atoms with Crippen LogP contribution in [0.5, 0.6) is 0 Å². The molecule has 3 heterocycles. The third-order valence-electron chi connectivity index (χ3n) is 3.57. The Bertz CT molecular complexity index is 794. The maximum atomic E-state index is 12.7. The summed E-state index contributed by atoms with van der Waals surface area (Å²) in [6.07, 6.45) is 0.406. The van der Waals surface area contributed by atoms with Crippen LogP contribution in [0.4, 0.5) is 0 Å². The monoisotopic (exact) mass is 297 g/mol. The van der Waals surface area contributed by atoms with E-state index in [4.69, 9.17) is 0 Å². The minimum atomic E-state index is -3.61. The van der Waals surface area contributed by atoms with Gasteiger partial charge in [0.1, 0.15) is 4.90 Å². The van der Waals surface area contributed by atoms with Gasteiger partial charge in [0.15, 0.2) is 0 Å². The van der Waals surface area contributed by atoms with Crippen LogP contribution in [0.15, 0.2) is 9.69 Å². The number of nitrogens with one attached hydrogen (secondary N) is 3. The highest BCUT2D eigenvalue weighted by molar-refractivity contribution is 7.89. The predicted molar refractivity (Wildman–Crippen MR) is 70.8 cm³/mol. The molecule has 2 aromatic heterocycles. The highest BCUT2D eigenvalue weighted by atomic mass is 32.2. The van der Waals surface area contributed by atoms with Crippen LogP contribution in [0, 0.1) is 13.8 Å². The Morgan fingerprint density at radius 2 is 2.00 bits per heavy atom. The average Bonchev–Trinajstić information content (AvgIpc) is 2.93. The molecule has 0 bridgehead atoms. The normalized spacial score (nSPS) is 16.3. The van der Waals surface area contributed by atoms with E-state index in [-0.39, 0.29) is 17.0 Å². The summed E-state index contributed by atoms with van der Waals surface area (Å²) in [6, 6.07) is 0. The van der Waals surface area contributed by atoms with E-state index >= 15 is 0 Å². The van der Waals surface area contributed by atoms with Gasteiger partial charge in [-0.2, -0.15) is 9.40 Å². The lowest BCUT2D eigenvalue weighted by atomic mass is 10.1. The van der Waals surface area contributed by atoms with Gasteiger partial charge in [-0.25, -0.2) is 8.42 Å². The van der Waals surface area contributed by atoms with Crippen LogP contribution in [-0.4, -0.2) is 39.7 Å². The Hall–Kier alpha value is -1.87. The molecule has 1 aliphatic rings. The number of aryl methyl sites for hydroxylation is 2. The van der Waals surface area contributed by atoms with Crippen molar-refractivity contribution in [3.05, 3.63) is 33.0 Å². The summed E-state index contributed by atoms with van der Waals surface area (Å²) in [5, 5.41) is 11.8. The lowest BCUT2D eigenvalue weighted by molar-refractivity contribution is 0.386. The second-order valence-electron chi connectivity index (χ2n) is 4.89. The maximum absolute atomic E-state index is 12.7. The van der Waals surface area contributed by atoms with Crippen molar-refractivity contribution >= 4 is 10.0 Å². The molecule has 8 nitrogen and oxygen atoms in total. The Morgan fingerprint density at radius 3 is 2.65 bits per heavy atom. The predicted octanol–water partition coefficient (Wildman–Crippen LogP) is -0.210. The number of hydrogen-bond donors (Lipinski definition) is 3. The topological polar surface area (TPSA) is 115 Å². The summed E-state index contributed by atoms with van der Waals surface area (Å²) in [6.45, 7) is 3.80. The molecule has 0 unspecified atom stereocenters. The van der Waals surface area contributed by atoms with Gasteiger partial charge in [-0.1, -0.05) is 0 Å². The quantitative estimate of drug-likeness (QED) is 0.711. The number of rotatable bonds is 2. The van der Waals surface area contributed by atoms with E-state index in [2.05, 4.69) is 20.4 Å². The Balaban J connectivity index is 2.01. The molecule has 1 aliphatic heterocycles. The van der Waals surface area contributed by atoms with Gasteiger partial charge in [0.05, 0.1) is 23.6 Å². The van der Waals surface area contributed by atoms with E-state index in [1.807, 2.05) is 0 Å². The lowest BCUT2D eigenvalue weighted by Gasteiger charge is -2.25. The average molecular weight is 297 g/mol. The highest BCUT2D eigenvalue weighted by Gasteiger charge is 2.33. The van der Waals surface area contributed by atoms with Crippen LogP contribution >= 0.6 is 0 Å². The van der Waals surface area contributed by atoms with Crippen LogP contribution in [0.3, 0.4) is 0 Å². The molecule has 0 saturated heterocycles. The van der Waals surface area contributed by atoms with Crippen LogP contribution in [0.1, 0.15) is 22.6 Å². The molecule has 0 amide bonds. The molecule has 3 N–H and O–H groups in total. The van der Waals surface area contributed by atoms with Gasteiger partial charge in [0, 0.05) is 12.1 Å². The van der Waals surface area contributed by atoms with Crippen molar-refractivity contribution in [2.75, 3.05) is 6.54 Å². The first-order chi connectivity index (χ1) is 9.41. The van der Waals surface area contributed by atoms with Crippen LogP contribution < -0.4 is 5.56 Å². The van der Waals surface area contributed by atoms with Gasteiger partial charge < -0.3 is 5.10 Å². The molecule has 0 radical (unpaired) electrons. The van der Waals surface area contributed by atoms with Crippen molar-refractivity contribution in [3.8, 4) is 0 Å². The zero-order valence-corrected chi connectivity index (χ0v) is 12.0. The van der Waals surface area contributed by atoms with Crippen molar-refractivity contribution < 1.29 is 8.42 Å². The summed E-state index contributed by atoms with van der Waals surface area (Å²) in [5.74, 6) is 0. The SMILES string of the molecule is Cc1n[nH]c(C)c1S(=O)(=O)N1CCc2c([nH][nH]c2=O)C1. The standard InChI is InChI=1S/C11H15N5O3S/c1-6-10(7(2)13-12-6)20(18,19)16-4-3-8-9(5-16)14-15-11(8)17/h3-5H2,1-2H3,(H,12,13)(H2,14,15,17). The number of H-pyrrole nitrogens is 3. The second-order valence-corrected chi connectivity index (χ2v) is 6.76. The molecule has 9 heteroatoms. The Morgan fingerprint density at radius 1 is 1.25 bits per heavy atom. The van der Waals surface area contributed by atoms with Gasteiger partial charge in [0.25, 0.3) is 5.56 Å². The minimum Gasteiger partial charge on any atom is -0.301 e. The summed E-state index contributed by atoms with van der Waals surface area (Å²) >= 11 is 0. The molecule has 108 valence electrons. The van der Waals surface area contributed by atoms with Gasteiger partial charge >= 0.3 is 0 Å². The largest absolute Gasteiger partial charge is 0.301 e. The molecule has 0 spiro atoms. The molecule has 0 aromatic carbocycles. The van der Waals surface area contributed by atoms with E-state index in [0.29, 0.717) is 35.6 Å². The summed E-state index contributed by atoms with van der Waals surface area (Å²) in [5.41, 5.74) is 2.07. The molecule has 20 heavy (non-hydrogen) atoms. The number of hydrogen-bond acceptors (Lipinski definition) is 4. The molecule has 0 fully saturated rings. The second kappa shape index (κ2) is 4.32. The molecular formula is C11H15N5O3S.